The van der Waals surface area contributed by atoms with E-state index in [0.717, 1.165) is 17.1 Å². The van der Waals surface area contributed by atoms with Gasteiger partial charge in [-0.3, -0.25) is 0 Å². The van der Waals surface area contributed by atoms with E-state index in [4.69, 9.17) is 0 Å². The molecule has 0 spiro atoms. The summed E-state index contributed by atoms with van der Waals surface area (Å²) in [4.78, 5) is 3.73. The Morgan fingerprint density at radius 3 is 1.66 bits per heavy atom. The first kappa shape index (κ1) is 25.3. The molecule has 0 saturated carbocycles. The van der Waals surface area contributed by atoms with E-state index in [2.05, 4.69) is 168 Å². The first-order valence-corrected chi connectivity index (χ1v) is 15.9. The predicted molar refractivity (Wildman–Crippen MR) is 190 cm³/mol. The number of rotatable bonds is 4. The smallest absolute Gasteiger partial charge is 0.103 e. The van der Waals surface area contributed by atoms with E-state index in [-0.39, 0.29) is 5.37 Å². The molecule has 2 nitrogen and oxygen atoms in total. The van der Waals surface area contributed by atoms with Gasteiger partial charge in [-0.15, -0.1) is 0 Å². The number of benzene rings is 8. The van der Waals surface area contributed by atoms with Gasteiger partial charge in [-0.05, 0) is 79.7 Å². The molecule has 1 aliphatic rings. The van der Waals surface area contributed by atoms with Crippen LogP contribution in [0, 0.1) is 0 Å². The van der Waals surface area contributed by atoms with Gasteiger partial charge < -0.3 is 10.2 Å². The molecule has 1 atom stereocenters. The fraction of sp³-hybridized carbons (Fsp3) is 0.0244. The van der Waals surface area contributed by atoms with Gasteiger partial charge in [0.1, 0.15) is 5.37 Å². The largest absolute Gasteiger partial charge is 0.368 e. The van der Waals surface area contributed by atoms with Crippen LogP contribution in [0.15, 0.2) is 163 Å². The Balaban J connectivity index is 1.26. The van der Waals surface area contributed by atoms with Crippen LogP contribution in [-0.4, -0.2) is 0 Å². The predicted octanol–water partition coefficient (Wildman–Crippen LogP) is 12.0. The van der Waals surface area contributed by atoms with Crippen LogP contribution in [0.1, 0.15) is 10.9 Å². The van der Waals surface area contributed by atoms with E-state index in [1.54, 1.807) is 0 Å². The maximum atomic E-state index is 3.89. The molecule has 0 saturated heterocycles. The second kappa shape index (κ2) is 10.2. The SMILES string of the molecule is c1ccc(C2Nc3c(c4ccccc4c4cc(N(c5ccc6ccccc6c5)c5ccc6ccccc6c5)ccc34)S2)cc1. The van der Waals surface area contributed by atoms with Crippen LogP contribution >= 0.6 is 11.8 Å². The molecule has 1 heterocycles. The molecule has 0 aliphatic carbocycles. The van der Waals surface area contributed by atoms with Gasteiger partial charge in [-0.25, -0.2) is 0 Å². The zero-order valence-electron chi connectivity index (χ0n) is 23.9. The Bertz CT molecular complexity index is 2280. The summed E-state index contributed by atoms with van der Waals surface area (Å²) in [5.41, 5.74) is 5.94. The fourth-order valence-corrected chi connectivity index (χ4v) is 7.98. The van der Waals surface area contributed by atoms with Gasteiger partial charge in [0.05, 0.1) is 5.69 Å². The average Bonchev–Trinajstić information content (AvgIpc) is 3.55. The fourth-order valence-electron chi connectivity index (χ4n) is 6.69. The highest BCUT2D eigenvalue weighted by Crippen LogP contribution is 2.54. The van der Waals surface area contributed by atoms with E-state index < -0.39 is 0 Å². The summed E-state index contributed by atoms with van der Waals surface area (Å²) in [6, 6.07) is 57.3. The van der Waals surface area contributed by atoms with E-state index >= 15 is 0 Å². The Morgan fingerprint density at radius 2 is 0.977 bits per heavy atom. The minimum absolute atomic E-state index is 0.187. The van der Waals surface area contributed by atoms with Crippen molar-refractivity contribution >= 4 is 77.6 Å². The highest BCUT2D eigenvalue weighted by Gasteiger charge is 2.28. The highest BCUT2D eigenvalue weighted by molar-refractivity contribution is 8.00. The summed E-state index contributed by atoms with van der Waals surface area (Å²) >= 11 is 1.92. The van der Waals surface area contributed by atoms with Crippen molar-refractivity contribution in [2.24, 2.45) is 0 Å². The molecule has 0 aromatic heterocycles. The van der Waals surface area contributed by atoms with Crippen LogP contribution in [0.3, 0.4) is 0 Å². The quantitative estimate of drug-likeness (QED) is 0.208. The third kappa shape index (κ3) is 4.12. The lowest BCUT2D eigenvalue weighted by Crippen LogP contribution is -2.10. The van der Waals surface area contributed by atoms with E-state index in [1.165, 1.54) is 59.2 Å². The van der Waals surface area contributed by atoms with Crippen LogP contribution < -0.4 is 10.2 Å². The lowest BCUT2D eigenvalue weighted by molar-refractivity contribution is 1.14. The van der Waals surface area contributed by atoms with E-state index in [1.807, 2.05) is 11.8 Å². The molecule has 0 fully saturated rings. The molecule has 1 aliphatic heterocycles. The lowest BCUT2D eigenvalue weighted by Gasteiger charge is -2.27. The summed E-state index contributed by atoms with van der Waals surface area (Å²) in [6.45, 7) is 0. The maximum Gasteiger partial charge on any atom is 0.103 e. The van der Waals surface area contributed by atoms with E-state index in [9.17, 15) is 0 Å². The number of thioether (sulfide) groups is 1. The third-order valence-corrected chi connectivity index (χ3v) is 10.1. The summed E-state index contributed by atoms with van der Waals surface area (Å²) < 4.78 is 0. The molecule has 44 heavy (non-hydrogen) atoms. The first-order chi connectivity index (χ1) is 21.8. The average molecular weight is 581 g/mol. The molecule has 1 N–H and O–H groups in total. The van der Waals surface area contributed by atoms with Crippen molar-refractivity contribution < 1.29 is 0 Å². The van der Waals surface area contributed by atoms with Crippen LogP contribution in [0.2, 0.25) is 0 Å². The Morgan fingerprint density at radius 1 is 0.432 bits per heavy atom. The van der Waals surface area contributed by atoms with Crippen molar-refractivity contribution in [3.8, 4) is 0 Å². The zero-order chi connectivity index (χ0) is 29.0. The Hall–Kier alpha value is -5.25. The van der Waals surface area contributed by atoms with Gasteiger partial charge in [0.15, 0.2) is 0 Å². The summed E-state index contributed by atoms with van der Waals surface area (Å²) in [5.74, 6) is 0. The molecular formula is C41H28N2S. The van der Waals surface area contributed by atoms with Crippen molar-refractivity contribution in [2.45, 2.75) is 10.3 Å². The van der Waals surface area contributed by atoms with Gasteiger partial charge in [-0.2, -0.15) is 0 Å². The number of hydrogen-bond donors (Lipinski definition) is 1. The van der Waals surface area contributed by atoms with Crippen LogP contribution in [0.25, 0.3) is 43.1 Å². The molecular weight excluding hydrogens is 553 g/mol. The normalized spacial score (nSPS) is 14.2. The van der Waals surface area contributed by atoms with Crippen molar-refractivity contribution in [1.82, 2.24) is 0 Å². The number of hydrogen-bond acceptors (Lipinski definition) is 3. The van der Waals surface area contributed by atoms with Gasteiger partial charge in [-0.1, -0.05) is 133 Å². The molecule has 0 amide bonds. The summed E-state index contributed by atoms with van der Waals surface area (Å²) in [6.07, 6.45) is 0. The van der Waals surface area contributed by atoms with Gasteiger partial charge >= 0.3 is 0 Å². The van der Waals surface area contributed by atoms with Crippen molar-refractivity contribution in [2.75, 3.05) is 10.2 Å². The van der Waals surface area contributed by atoms with Crippen molar-refractivity contribution in [3.63, 3.8) is 0 Å². The number of fused-ring (bicyclic) bond motifs is 8. The number of nitrogens with one attached hydrogen (secondary N) is 1. The minimum Gasteiger partial charge on any atom is -0.368 e. The summed E-state index contributed by atoms with van der Waals surface area (Å²) in [5, 5.41) is 14.1. The van der Waals surface area contributed by atoms with Gasteiger partial charge in [0, 0.05) is 27.3 Å². The molecule has 0 radical (unpaired) electrons. The lowest BCUT2D eigenvalue weighted by atomic mass is 9.98. The van der Waals surface area contributed by atoms with Crippen LogP contribution in [-0.2, 0) is 0 Å². The van der Waals surface area contributed by atoms with E-state index in [0.29, 0.717) is 0 Å². The third-order valence-electron chi connectivity index (χ3n) is 8.82. The first-order valence-electron chi connectivity index (χ1n) is 15.0. The molecule has 1 unspecified atom stereocenters. The minimum atomic E-state index is 0.187. The molecule has 8 aromatic rings. The number of nitrogens with zero attached hydrogens (tertiary/aromatic N) is 1. The maximum absolute atomic E-state index is 3.89. The van der Waals surface area contributed by atoms with Crippen molar-refractivity contribution in [3.05, 3.63) is 163 Å². The summed E-state index contributed by atoms with van der Waals surface area (Å²) in [7, 11) is 0. The number of anilines is 4. The Kier molecular flexibility index (Phi) is 5.85. The second-order valence-corrected chi connectivity index (χ2v) is 12.5. The van der Waals surface area contributed by atoms with Gasteiger partial charge in [0.25, 0.3) is 0 Å². The highest BCUT2D eigenvalue weighted by atomic mass is 32.2. The molecule has 0 bridgehead atoms. The van der Waals surface area contributed by atoms with Crippen LogP contribution in [0.5, 0.6) is 0 Å². The molecule has 9 rings (SSSR count). The molecule has 208 valence electrons. The molecule has 3 heteroatoms. The standard InChI is InChI=1S/C41H28N2S/c1-2-12-29(13-3-1)41-42-39-36-23-22-34(26-38(36)35-16-8-9-17-37(35)40(39)44-41)43(32-20-18-27-10-4-6-14-30(27)24-32)33-21-19-28-11-5-7-15-31(28)25-33/h1-26,41-42H. The van der Waals surface area contributed by atoms with Gasteiger partial charge in [0.2, 0.25) is 0 Å². The molecule has 8 aromatic carbocycles. The Labute approximate surface area is 260 Å². The second-order valence-electron chi connectivity index (χ2n) is 11.4. The van der Waals surface area contributed by atoms with Crippen LogP contribution in [0.4, 0.5) is 22.7 Å². The van der Waals surface area contributed by atoms with Crippen molar-refractivity contribution in [1.29, 1.82) is 0 Å². The zero-order valence-corrected chi connectivity index (χ0v) is 24.8. The monoisotopic (exact) mass is 580 g/mol. The topological polar surface area (TPSA) is 15.3 Å².